The van der Waals surface area contributed by atoms with Crippen LogP contribution in [0.25, 0.3) is 10.9 Å². The van der Waals surface area contributed by atoms with Crippen LogP contribution in [-0.4, -0.2) is 52.8 Å². The highest BCUT2D eigenvalue weighted by molar-refractivity contribution is 6.33. The Kier molecular flexibility index (Phi) is 5.39. The van der Waals surface area contributed by atoms with Crippen molar-refractivity contribution in [1.82, 2.24) is 14.8 Å². The molecule has 0 spiro atoms. The van der Waals surface area contributed by atoms with E-state index in [0.717, 1.165) is 11.5 Å². The molecule has 29 heavy (non-hydrogen) atoms. The second kappa shape index (κ2) is 7.97. The first kappa shape index (κ1) is 19.6. The number of aromatic nitrogens is 1. The van der Waals surface area contributed by atoms with Crippen LogP contribution in [0.3, 0.4) is 0 Å². The molecular formula is C21H16Cl2FN3O2. The lowest BCUT2D eigenvalue weighted by atomic mass is 10.1. The van der Waals surface area contributed by atoms with E-state index in [1.54, 1.807) is 21.9 Å². The molecule has 5 nitrogen and oxygen atoms in total. The van der Waals surface area contributed by atoms with Gasteiger partial charge in [0, 0.05) is 31.6 Å². The van der Waals surface area contributed by atoms with Crippen molar-refractivity contribution >= 4 is 45.9 Å². The fourth-order valence-electron chi connectivity index (χ4n) is 3.44. The lowest BCUT2D eigenvalue weighted by Crippen LogP contribution is -2.50. The smallest absolute Gasteiger partial charge is 0.255 e. The number of carbonyl (C=O) groups is 2. The maximum atomic E-state index is 13.2. The SMILES string of the molecule is O=C(c1ccc(F)cc1Cl)N1CCN(C(=O)c2cc(Cl)nc3ccccc23)CC1. The summed E-state index contributed by atoms with van der Waals surface area (Å²) in [5, 5.41) is 1.07. The Morgan fingerprint density at radius 1 is 0.862 bits per heavy atom. The number of nitrogens with zero attached hydrogens (tertiary/aromatic N) is 3. The summed E-state index contributed by atoms with van der Waals surface area (Å²) in [5.41, 5.74) is 1.39. The molecule has 0 unspecified atom stereocenters. The largest absolute Gasteiger partial charge is 0.335 e. The van der Waals surface area contributed by atoms with Gasteiger partial charge in [0.25, 0.3) is 11.8 Å². The average Bonchev–Trinajstić information content (AvgIpc) is 2.72. The first-order chi connectivity index (χ1) is 13.9. The van der Waals surface area contributed by atoms with Crippen LogP contribution < -0.4 is 0 Å². The van der Waals surface area contributed by atoms with Crippen molar-refractivity contribution < 1.29 is 14.0 Å². The van der Waals surface area contributed by atoms with Gasteiger partial charge in [-0.25, -0.2) is 9.37 Å². The number of piperazine rings is 1. The molecule has 0 bridgehead atoms. The van der Waals surface area contributed by atoms with Crippen LogP contribution in [0.1, 0.15) is 20.7 Å². The summed E-state index contributed by atoms with van der Waals surface area (Å²) in [6.07, 6.45) is 0. The summed E-state index contributed by atoms with van der Waals surface area (Å²) in [6, 6.07) is 12.6. The monoisotopic (exact) mass is 431 g/mol. The minimum atomic E-state index is -0.495. The van der Waals surface area contributed by atoms with E-state index in [0.29, 0.717) is 37.3 Å². The topological polar surface area (TPSA) is 53.5 Å². The summed E-state index contributed by atoms with van der Waals surface area (Å²) < 4.78 is 13.2. The van der Waals surface area contributed by atoms with Crippen molar-refractivity contribution in [3.8, 4) is 0 Å². The number of fused-ring (bicyclic) bond motifs is 1. The lowest BCUT2D eigenvalue weighted by Gasteiger charge is -2.35. The van der Waals surface area contributed by atoms with Crippen molar-refractivity contribution in [2.24, 2.45) is 0 Å². The molecule has 2 heterocycles. The van der Waals surface area contributed by atoms with Crippen molar-refractivity contribution in [3.63, 3.8) is 0 Å². The molecule has 0 N–H and O–H groups in total. The quantitative estimate of drug-likeness (QED) is 0.569. The zero-order valence-electron chi connectivity index (χ0n) is 15.2. The molecule has 1 saturated heterocycles. The fourth-order valence-corrected chi connectivity index (χ4v) is 3.88. The van der Waals surface area contributed by atoms with E-state index in [2.05, 4.69) is 4.98 Å². The Hall–Kier alpha value is -2.70. The number of para-hydroxylation sites is 1. The zero-order valence-corrected chi connectivity index (χ0v) is 16.8. The van der Waals surface area contributed by atoms with Crippen molar-refractivity contribution in [2.75, 3.05) is 26.2 Å². The lowest BCUT2D eigenvalue weighted by molar-refractivity contribution is 0.0536. The Bertz CT molecular complexity index is 1110. The maximum absolute atomic E-state index is 13.2. The molecule has 0 radical (unpaired) electrons. The van der Waals surface area contributed by atoms with Crippen LogP contribution in [0.4, 0.5) is 4.39 Å². The third-order valence-electron chi connectivity index (χ3n) is 4.93. The average molecular weight is 432 g/mol. The Labute approximate surface area is 176 Å². The first-order valence-electron chi connectivity index (χ1n) is 9.03. The molecule has 2 aromatic carbocycles. The molecule has 0 atom stereocenters. The van der Waals surface area contributed by atoms with Crippen LogP contribution in [0, 0.1) is 5.82 Å². The summed E-state index contributed by atoms with van der Waals surface area (Å²) in [7, 11) is 0. The highest BCUT2D eigenvalue weighted by atomic mass is 35.5. The summed E-state index contributed by atoms with van der Waals surface area (Å²) in [4.78, 5) is 33.3. The molecule has 8 heteroatoms. The number of benzene rings is 2. The van der Waals surface area contributed by atoms with E-state index >= 15 is 0 Å². The van der Waals surface area contributed by atoms with Gasteiger partial charge in [-0.15, -0.1) is 0 Å². The normalized spacial score (nSPS) is 14.3. The highest BCUT2D eigenvalue weighted by Crippen LogP contribution is 2.24. The summed E-state index contributed by atoms with van der Waals surface area (Å²) in [6.45, 7) is 1.46. The Morgan fingerprint density at radius 3 is 2.14 bits per heavy atom. The third-order valence-corrected chi connectivity index (χ3v) is 5.44. The minimum absolute atomic E-state index is 0.0754. The van der Waals surface area contributed by atoms with Gasteiger partial charge in [0.2, 0.25) is 0 Å². The zero-order chi connectivity index (χ0) is 20.5. The van der Waals surface area contributed by atoms with E-state index in [1.807, 2.05) is 18.2 Å². The van der Waals surface area contributed by atoms with Gasteiger partial charge in [0.1, 0.15) is 11.0 Å². The van der Waals surface area contributed by atoms with Gasteiger partial charge in [0.15, 0.2) is 0 Å². The van der Waals surface area contributed by atoms with Gasteiger partial charge in [-0.2, -0.15) is 0 Å². The van der Waals surface area contributed by atoms with E-state index in [-0.39, 0.29) is 27.6 Å². The molecule has 1 aliphatic heterocycles. The first-order valence-corrected chi connectivity index (χ1v) is 9.78. The van der Waals surface area contributed by atoms with Crippen LogP contribution in [0.5, 0.6) is 0 Å². The van der Waals surface area contributed by atoms with Gasteiger partial charge < -0.3 is 9.80 Å². The molecule has 1 aliphatic rings. The molecule has 4 rings (SSSR count). The summed E-state index contributed by atoms with van der Waals surface area (Å²) >= 11 is 12.1. The van der Waals surface area contributed by atoms with Crippen molar-refractivity contribution in [3.05, 3.63) is 75.7 Å². The number of pyridine rings is 1. The second-order valence-corrected chi connectivity index (χ2v) is 7.51. The van der Waals surface area contributed by atoms with Gasteiger partial charge in [0.05, 0.1) is 21.7 Å². The summed E-state index contributed by atoms with van der Waals surface area (Å²) in [5.74, 6) is -0.929. The van der Waals surface area contributed by atoms with E-state index in [1.165, 1.54) is 12.1 Å². The number of hydrogen-bond acceptors (Lipinski definition) is 3. The van der Waals surface area contributed by atoms with Gasteiger partial charge >= 0.3 is 0 Å². The molecule has 0 aliphatic carbocycles. The molecule has 1 aromatic heterocycles. The minimum Gasteiger partial charge on any atom is -0.335 e. The predicted octanol–water partition coefficient (Wildman–Crippen LogP) is 4.28. The molecular weight excluding hydrogens is 416 g/mol. The van der Waals surface area contributed by atoms with Crippen molar-refractivity contribution in [1.29, 1.82) is 0 Å². The van der Waals surface area contributed by atoms with E-state index in [9.17, 15) is 14.0 Å². The second-order valence-electron chi connectivity index (χ2n) is 6.72. The highest BCUT2D eigenvalue weighted by Gasteiger charge is 2.27. The predicted molar refractivity (Wildman–Crippen MR) is 110 cm³/mol. The van der Waals surface area contributed by atoms with Crippen LogP contribution in [-0.2, 0) is 0 Å². The Balaban J connectivity index is 1.50. The number of rotatable bonds is 2. The number of hydrogen-bond donors (Lipinski definition) is 0. The van der Waals surface area contributed by atoms with Gasteiger partial charge in [-0.1, -0.05) is 41.4 Å². The molecule has 2 amide bonds. The molecule has 3 aromatic rings. The number of halogens is 3. The van der Waals surface area contributed by atoms with E-state index in [4.69, 9.17) is 23.2 Å². The van der Waals surface area contributed by atoms with Gasteiger partial charge in [-0.3, -0.25) is 9.59 Å². The molecule has 1 fully saturated rings. The number of amides is 2. The Morgan fingerprint density at radius 2 is 1.48 bits per heavy atom. The van der Waals surface area contributed by atoms with Crippen LogP contribution in [0.2, 0.25) is 10.2 Å². The van der Waals surface area contributed by atoms with Crippen LogP contribution >= 0.6 is 23.2 Å². The molecule has 148 valence electrons. The third kappa shape index (κ3) is 3.91. The molecule has 0 saturated carbocycles. The fraction of sp³-hybridized carbons (Fsp3) is 0.190. The number of carbonyl (C=O) groups excluding carboxylic acids is 2. The van der Waals surface area contributed by atoms with Crippen molar-refractivity contribution in [2.45, 2.75) is 0 Å². The standard InChI is InChI=1S/C21H16Cl2FN3O2/c22-17-11-13(24)5-6-15(17)20(28)26-7-9-27(10-8-26)21(29)16-12-19(23)25-18-4-2-1-3-14(16)18/h1-6,11-12H,7-10H2. The maximum Gasteiger partial charge on any atom is 0.255 e. The van der Waals surface area contributed by atoms with Gasteiger partial charge in [-0.05, 0) is 30.3 Å². The van der Waals surface area contributed by atoms with E-state index < -0.39 is 5.82 Å². The van der Waals surface area contributed by atoms with Crippen LogP contribution in [0.15, 0.2) is 48.5 Å².